The molecule has 112 valence electrons. The maximum absolute atomic E-state index is 12.0. The third-order valence-corrected chi connectivity index (χ3v) is 3.50. The Bertz CT molecular complexity index is 701. The van der Waals surface area contributed by atoms with E-state index in [1.54, 1.807) is 24.3 Å². The first kappa shape index (κ1) is 15.1. The summed E-state index contributed by atoms with van der Waals surface area (Å²) in [5.74, 6) is -0.967. The van der Waals surface area contributed by atoms with Crippen LogP contribution in [0.5, 0.6) is 5.75 Å². The second-order valence-corrected chi connectivity index (χ2v) is 4.93. The summed E-state index contributed by atoms with van der Waals surface area (Å²) in [4.78, 5) is 23.8. The number of aromatic hydroxyl groups is 1. The van der Waals surface area contributed by atoms with Crippen LogP contribution in [0.4, 0.5) is 0 Å². The van der Waals surface area contributed by atoms with Crippen LogP contribution in [0.1, 0.15) is 25.3 Å². The highest BCUT2D eigenvalue weighted by Crippen LogP contribution is 2.28. The van der Waals surface area contributed by atoms with Crippen molar-refractivity contribution in [1.82, 2.24) is 0 Å². The van der Waals surface area contributed by atoms with Gasteiger partial charge in [-0.25, -0.2) is 4.79 Å². The Morgan fingerprint density at radius 1 is 1.38 bits per heavy atom. The number of esters is 1. The summed E-state index contributed by atoms with van der Waals surface area (Å²) in [6.45, 7) is 1.94. The van der Waals surface area contributed by atoms with Crippen LogP contribution < -0.4 is 5.63 Å². The Kier molecular flexibility index (Phi) is 4.62. The van der Waals surface area contributed by atoms with Crippen molar-refractivity contribution in [3.05, 3.63) is 40.2 Å². The molecule has 0 aliphatic rings. The first-order valence-corrected chi connectivity index (χ1v) is 6.90. The molecule has 2 aromatic rings. The molecular weight excluding hydrogens is 272 g/mol. The lowest BCUT2D eigenvalue weighted by Gasteiger charge is -2.14. The third-order valence-electron chi connectivity index (χ3n) is 3.50. The van der Waals surface area contributed by atoms with Gasteiger partial charge in [-0.3, -0.25) is 4.79 Å². The van der Waals surface area contributed by atoms with Crippen LogP contribution in [-0.2, 0) is 16.0 Å². The molecule has 21 heavy (non-hydrogen) atoms. The first-order valence-electron chi connectivity index (χ1n) is 6.90. The van der Waals surface area contributed by atoms with E-state index < -0.39 is 11.5 Å². The van der Waals surface area contributed by atoms with Crippen molar-refractivity contribution >= 4 is 16.9 Å². The number of fused-ring (bicyclic) bond motifs is 1. The van der Waals surface area contributed by atoms with Crippen LogP contribution in [0.15, 0.2) is 33.5 Å². The number of carbonyl (C=O) groups excluding carboxylic acids is 1. The lowest BCUT2D eigenvalue weighted by molar-refractivity contribution is -0.145. The summed E-state index contributed by atoms with van der Waals surface area (Å²) in [6.07, 6.45) is 1.47. The van der Waals surface area contributed by atoms with Gasteiger partial charge in [0.15, 0.2) is 0 Å². The highest BCUT2D eigenvalue weighted by atomic mass is 16.5. The highest BCUT2D eigenvalue weighted by Gasteiger charge is 2.23. The number of para-hydroxylation sites is 1. The van der Waals surface area contributed by atoms with Gasteiger partial charge < -0.3 is 14.3 Å². The van der Waals surface area contributed by atoms with Crippen molar-refractivity contribution in [1.29, 1.82) is 0 Å². The summed E-state index contributed by atoms with van der Waals surface area (Å²) in [5.41, 5.74) is -0.164. The predicted octanol–water partition coefficient (Wildman–Crippen LogP) is 2.63. The van der Waals surface area contributed by atoms with Crippen molar-refractivity contribution in [3.8, 4) is 5.75 Å². The number of hydrogen-bond donors (Lipinski definition) is 1. The number of benzene rings is 1. The average Bonchev–Trinajstić information content (AvgIpc) is 2.49. The topological polar surface area (TPSA) is 76.7 Å². The monoisotopic (exact) mass is 290 g/mol. The van der Waals surface area contributed by atoms with Crippen LogP contribution >= 0.6 is 0 Å². The molecule has 1 N–H and O–H groups in total. The van der Waals surface area contributed by atoms with Crippen LogP contribution in [0.25, 0.3) is 11.0 Å². The van der Waals surface area contributed by atoms with E-state index in [2.05, 4.69) is 0 Å². The van der Waals surface area contributed by atoms with Crippen LogP contribution in [0.2, 0.25) is 0 Å². The van der Waals surface area contributed by atoms with Gasteiger partial charge in [0, 0.05) is 0 Å². The second kappa shape index (κ2) is 6.43. The molecule has 0 bridgehead atoms. The van der Waals surface area contributed by atoms with Gasteiger partial charge >= 0.3 is 11.6 Å². The molecule has 2 rings (SSSR count). The Morgan fingerprint density at radius 3 is 2.76 bits per heavy atom. The lowest BCUT2D eigenvalue weighted by Crippen LogP contribution is -2.22. The molecule has 0 saturated heterocycles. The minimum absolute atomic E-state index is 0.111. The molecule has 0 saturated carbocycles. The molecule has 0 spiro atoms. The van der Waals surface area contributed by atoms with Crippen LogP contribution in [0.3, 0.4) is 0 Å². The van der Waals surface area contributed by atoms with Gasteiger partial charge in [0.2, 0.25) is 0 Å². The second-order valence-electron chi connectivity index (χ2n) is 4.93. The van der Waals surface area contributed by atoms with Gasteiger partial charge in [-0.05, 0) is 25.0 Å². The smallest absolute Gasteiger partial charge is 0.343 e. The van der Waals surface area contributed by atoms with E-state index in [0.717, 1.165) is 6.42 Å². The molecule has 0 aliphatic carbocycles. The van der Waals surface area contributed by atoms with Gasteiger partial charge in [0.1, 0.15) is 11.3 Å². The fourth-order valence-electron chi connectivity index (χ4n) is 2.42. The summed E-state index contributed by atoms with van der Waals surface area (Å²) < 4.78 is 9.95. The Balaban J connectivity index is 2.45. The molecule has 0 amide bonds. The molecule has 1 atom stereocenters. The fraction of sp³-hybridized carbons (Fsp3) is 0.375. The van der Waals surface area contributed by atoms with Crippen molar-refractivity contribution in [3.63, 3.8) is 0 Å². The summed E-state index contributed by atoms with van der Waals surface area (Å²) in [7, 11) is 1.31. The van der Waals surface area contributed by atoms with Gasteiger partial charge in [0.25, 0.3) is 0 Å². The number of rotatable bonds is 5. The number of hydrogen-bond acceptors (Lipinski definition) is 5. The van der Waals surface area contributed by atoms with Gasteiger partial charge in [-0.2, -0.15) is 0 Å². The van der Waals surface area contributed by atoms with E-state index in [0.29, 0.717) is 17.4 Å². The third kappa shape index (κ3) is 3.07. The highest BCUT2D eigenvalue weighted by molar-refractivity contribution is 5.84. The Hall–Kier alpha value is -2.30. The van der Waals surface area contributed by atoms with Crippen molar-refractivity contribution in [2.75, 3.05) is 7.11 Å². The Morgan fingerprint density at radius 2 is 2.10 bits per heavy atom. The summed E-state index contributed by atoms with van der Waals surface area (Å²) in [6, 6.07) is 6.75. The zero-order valence-corrected chi connectivity index (χ0v) is 12.1. The normalized spacial score (nSPS) is 12.3. The predicted molar refractivity (Wildman–Crippen MR) is 78.3 cm³/mol. The molecule has 0 aliphatic heterocycles. The summed E-state index contributed by atoms with van der Waals surface area (Å²) in [5, 5.41) is 10.8. The zero-order valence-electron chi connectivity index (χ0n) is 12.1. The van der Waals surface area contributed by atoms with E-state index in [1.165, 1.54) is 7.11 Å². The maximum Gasteiger partial charge on any atom is 0.343 e. The minimum atomic E-state index is -0.615. The fourth-order valence-corrected chi connectivity index (χ4v) is 2.42. The lowest BCUT2D eigenvalue weighted by atomic mass is 9.95. The van der Waals surface area contributed by atoms with E-state index in [-0.39, 0.29) is 23.7 Å². The van der Waals surface area contributed by atoms with E-state index >= 15 is 0 Å². The van der Waals surface area contributed by atoms with Gasteiger partial charge in [-0.15, -0.1) is 0 Å². The molecule has 5 heteroatoms. The Labute approximate surface area is 122 Å². The largest absolute Gasteiger partial charge is 0.507 e. The molecule has 5 nitrogen and oxygen atoms in total. The average molecular weight is 290 g/mol. The molecule has 1 aromatic carbocycles. The van der Waals surface area contributed by atoms with Crippen LogP contribution in [0, 0.1) is 5.92 Å². The van der Waals surface area contributed by atoms with Gasteiger partial charge in [0.05, 0.1) is 24.0 Å². The van der Waals surface area contributed by atoms with Crippen LogP contribution in [-0.4, -0.2) is 18.2 Å². The maximum atomic E-state index is 12.0. The standard InChI is InChI=1S/C16H18O5/c1-3-6-10(15(18)20-2)9-12-14(17)11-7-4-5-8-13(11)21-16(12)19/h4-5,7-8,10,17H,3,6,9H2,1-2H3. The zero-order chi connectivity index (χ0) is 15.4. The molecule has 1 heterocycles. The van der Waals surface area contributed by atoms with Crippen molar-refractivity contribution < 1.29 is 19.1 Å². The quantitative estimate of drug-likeness (QED) is 0.676. The number of methoxy groups -OCH3 is 1. The number of carbonyl (C=O) groups is 1. The summed E-state index contributed by atoms with van der Waals surface area (Å²) >= 11 is 0. The molecular formula is C16H18O5. The van der Waals surface area contributed by atoms with Crippen molar-refractivity contribution in [2.45, 2.75) is 26.2 Å². The molecule has 1 unspecified atom stereocenters. The number of ether oxygens (including phenoxy) is 1. The minimum Gasteiger partial charge on any atom is -0.507 e. The van der Waals surface area contributed by atoms with Crippen molar-refractivity contribution in [2.24, 2.45) is 5.92 Å². The van der Waals surface area contributed by atoms with E-state index in [1.807, 2.05) is 6.92 Å². The molecule has 1 aromatic heterocycles. The SMILES string of the molecule is CCCC(Cc1c(O)c2ccccc2oc1=O)C(=O)OC. The molecule has 0 fully saturated rings. The van der Waals surface area contributed by atoms with E-state index in [4.69, 9.17) is 9.15 Å². The molecule has 0 radical (unpaired) electrons. The first-order chi connectivity index (χ1) is 10.1. The van der Waals surface area contributed by atoms with Gasteiger partial charge in [-0.1, -0.05) is 25.5 Å². The van der Waals surface area contributed by atoms with E-state index in [9.17, 15) is 14.7 Å².